The Morgan fingerprint density at radius 2 is 2.10 bits per heavy atom. The van der Waals surface area contributed by atoms with Crippen LogP contribution in [0, 0.1) is 0 Å². The van der Waals surface area contributed by atoms with Gasteiger partial charge in [0.15, 0.2) is 11.5 Å². The number of ether oxygens (including phenoxy) is 2. The summed E-state index contributed by atoms with van der Waals surface area (Å²) in [5.41, 5.74) is 1.96. The molecule has 0 aliphatic heterocycles. The summed E-state index contributed by atoms with van der Waals surface area (Å²) in [7, 11) is 3.16. The Balaban J connectivity index is 2.32. The largest absolute Gasteiger partial charge is 0.493 e. The molecule has 108 valence electrons. The van der Waals surface area contributed by atoms with E-state index < -0.39 is 0 Å². The molecule has 1 aromatic heterocycles. The van der Waals surface area contributed by atoms with Crippen LogP contribution in [-0.2, 0) is 6.54 Å². The van der Waals surface area contributed by atoms with E-state index in [9.17, 15) is 0 Å². The normalized spacial score (nSPS) is 10.6. The van der Waals surface area contributed by atoms with Gasteiger partial charge in [0.25, 0.3) is 0 Å². The van der Waals surface area contributed by atoms with Crippen molar-refractivity contribution in [2.45, 2.75) is 13.5 Å². The van der Waals surface area contributed by atoms with Crippen molar-refractivity contribution in [2.24, 2.45) is 0 Å². The lowest BCUT2D eigenvalue weighted by Gasteiger charge is -2.10. The van der Waals surface area contributed by atoms with Crippen molar-refractivity contribution in [3.63, 3.8) is 0 Å². The molecule has 6 heteroatoms. The smallest absolute Gasteiger partial charge is 0.179 e. The summed E-state index contributed by atoms with van der Waals surface area (Å²) in [5, 5.41) is 6.74. The summed E-state index contributed by atoms with van der Waals surface area (Å²) < 4.78 is 10.5. The molecule has 0 bridgehead atoms. The van der Waals surface area contributed by atoms with Crippen LogP contribution in [0.15, 0.2) is 17.5 Å². The summed E-state index contributed by atoms with van der Waals surface area (Å²) in [6.45, 7) is 3.77. The van der Waals surface area contributed by atoms with E-state index in [1.54, 1.807) is 25.6 Å². The molecule has 4 nitrogen and oxygen atoms in total. The van der Waals surface area contributed by atoms with Gasteiger partial charge < -0.3 is 14.8 Å². The Bertz CT molecular complexity index is 587. The maximum absolute atomic E-state index is 6.21. The van der Waals surface area contributed by atoms with Crippen molar-refractivity contribution in [2.75, 3.05) is 20.8 Å². The minimum atomic E-state index is 0.519. The van der Waals surface area contributed by atoms with Crippen LogP contribution in [-0.4, -0.2) is 25.7 Å². The molecule has 0 fully saturated rings. The molecule has 0 aliphatic carbocycles. The van der Waals surface area contributed by atoms with Crippen LogP contribution in [0.25, 0.3) is 10.6 Å². The van der Waals surface area contributed by atoms with Crippen LogP contribution in [0.5, 0.6) is 11.5 Å². The predicted molar refractivity (Wildman–Crippen MR) is 83.0 cm³/mol. The second kappa shape index (κ2) is 6.92. The third-order valence-electron chi connectivity index (χ3n) is 2.79. The van der Waals surface area contributed by atoms with Crippen LogP contribution < -0.4 is 14.8 Å². The van der Waals surface area contributed by atoms with Gasteiger partial charge in [-0.25, -0.2) is 4.98 Å². The average molecular weight is 313 g/mol. The topological polar surface area (TPSA) is 43.4 Å². The zero-order valence-corrected chi connectivity index (χ0v) is 13.3. The first kappa shape index (κ1) is 15.1. The number of benzene rings is 1. The monoisotopic (exact) mass is 312 g/mol. The molecule has 0 radical (unpaired) electrons. The number of methoxy groups -OCH3 is 2. The minimum Gasteiger partial charge on any atom is -0.493 e. The number of hydrogen-bond donors (Lipinski definition) is 1. The van der Waals surface area contributed by atoms with Crippen molar-refractivity contribution in [3.05, 3.63) is 28.2 Å². The number of nitrogens with one attached hydrogen (secondary N) is 1. The molecule has 2 rings (SSSR count). The van der Waals surface area contributed by atoms with Gasteiger partial charge in [-0.05, 0) is 18.7 Å². The van der Waals surface area contributed by atoms with E-state index >= 15 is 0 Å². The molecule has 0 atom stereocenters. The predicted octanol–water partition coefficient (Wildman–Crippen LogP) is 3.59. The minimum absolute atomic E-state index is 0.519. The highest BCUT2D eigenvalue weighted by Crippen LogP contribution is 2.39. The SMILES string of the molecule is CCNCc1csc(-c2cc(Cl)c(OC)c(OC)c2)n1. The molecule has 0 amide bonds. The molecular weight excluding hydrogens is 296 g/mol. The Morgan fingerprint density at radius 3 is 2.75 bits per heavy atom. The van der Waals surface area contributed by atoms with E-state index in [1.165, 1.54) is 0 Å². The van der Waals surface area contributed by atoms with Gasteiger partial charge in [-0.2, -0.15) is 0 Å². The maximum Gasteiger partial charge on any atom is 0.179 e. The highest BCUT2D eigenvalue weighted by Gasteiger charge is 2.13. The number of hydrogen-bond acceptors (Lipinski definition) is 5. The van der Waals surface area contributed by atoms with Gasteiger partial charge >= 0.3 is 0 Å². The second-order valence-corrected chi connectivity index (χ2v) is 5.38. The number of halogens is 1. The molecule has 0 unspecified atom stereocenters. The number of nitrogens with zero attached hydrogens (tertiary/aromatic N) is 1. The van der Waals surface area contributed by atoms with Crippen molar-refractivity contribution in [1.82, 2.24) is 10.3 Å². The standard InChI is InChI=1S/C14H17ClN2O2S/c1-4-16-7-10-8-20-14(17-10)9-5-11(15)13(19-3)12(6-9)18-2/h5-6,8,16H,4,7H2,1-3H3. The third kappa shape index (κ3) is 3.23. The zero-order valence-electron chi connectivity index (χ0n) is 11.7. The summed E-state index contributed by atoms with van der Waals surface area (Å²) >= 11 is 7.80. The molecule has 0 aliphatic rings. The molecule has 0 saturated heterocycles. The fourth-order valence-electron chi connectivity index (χ4n) is 1.82. The van der Waals surface area contributed by atoms with Gasteiger partial charge in [0.05, 0.1) is 24.9 Å². The molecule has 1 N–H and O–H groups in total. The van der Waals surface area contributed by atoms with Gasteiger partial charge in [0, 0.05) is 17.5 Å². The van der Waals surface area contributed by atoms with Gasteiger partial charge in [-0.15, -0.1) is 11.3 Å². The average Bonchev–Trinajstić information content (AvgIpc) is 2.93. The van der Waals surface area contributed by atoms with Crippen LogP contribution in [0.3, 0.4) is 0 Å². The zero-order chi connectivity index (χ0) is 14.5. The quantitative estimate of drug-likeness (QED) is 0.885. The molecule has 20 heavy (non-hydrogen) atoms. The Labute approximate surface area is 127 Å². The highest BCUT2D eigenvalue weighted by atomic mass is 35.5. The fraction of sp³-hybridized carbons (Fsp3) is 0.357. The number of thiazole rings is 1. The number of aromatic nitrogens is 1. The van der Waals surface area contributed by atoms with Gasteiger partial charge in [-0.3, -0.25) is 0 Å². The van der Waals surface area contributed by atoms with Crippen LogP contribution in [0.1, 0.15) is 12.6 Å². The van der Waals surface area contributed by atoms with E-state index in [4.69, 9.17) is 21.1 Å². The molecule has 2 aromatic rings. The van der Waals surface area contributed by atoms with E-state index in [-0.39, 0.29) is 0 Å². The van der Waals surface area contributed by atoms with Gasteiger partial charge in [0.2, 0.25) is 0 Å². The van der Waals surface area contributed by atoms with Crippen LogP contribution in [0.4, 0.5) is 0 Å². The molecule has 0 spiro atoms. The van der Waals surface area contributed by atoms with Crippen molar-refractivity contribution in [1.29, 1.82) is 0 Å². The second-order valence-electron chi connectivity index (χ2n) is 4.12. The summed E-state index contributed by atoms with van der Waals surface area (Å²) in [6.07, 6.45) is 0. The Kier molecular flexibility index (Phi) is 5.23. The summed E-state index contributed by atoms with van der Waals surface area (Å²) in [5.74, 6) is 1.15. The van der Waals surface area contributed by atoms with E-state index in [0.717, 1.165) is 29.4 Å². The molecule has 1 aromatic carbocycles. The van der Waals surface area contributed by atoms with Crippen LogP contribution in [0.2, 0.25) is 5.02 Å². The first-order valence-electron chi connectivity index (χ1n) is 6.26. The number of rotatable bonds is 6. The van der Waals surface area contributed by atoms with Crippen molar-refractivity contribution < 1.29 is 9.47 Å². The third-order valence-corrected chi connectivity index (χ3v) is 4.01. The lowest BCUT2D eigenvalue weighted by Crippen LogP contribution is -2.11. The van der Waals surface area contributed by atoms with Crippen LogP contribution >= 0.6 is 22.9 Å². The van der Waals surface area contributed by atoms with Gasteiger partial charge in [-0.1, -0.05) is 18.5 Å². The Morgan fingerprint density at radius 1 is 1.30 bits per heavy atom. The summed E-state index contributed by atoms with van der Waals surface area (Å²) in [6, 6.07) is 3.74. The lowest BCUT2D eigenvalue weighted by atomic mass is 10.2. The van der Waals surface area contributed by atoms with Crippen molar-refractivity contribution in [3.8, 4) is 22.1 Å². The summed E-state index contributed by atoms with van der Waals surface area (Å²) in [4.78, 5) is 4.59. The highest BCUT2D eigenvalue weighted by molar-refractivity contribution is 7.13. The first-order valence-corrected chi connectivity index (χ1v) is 7.52. The maximum atomic E-state index is 6.21. The first-order chi connectivity index (χ1) is 9.69. The van der Waals surface area contributed by atoms with E-state index in [0.29, 0.717) is 16.5 Å². The van der Waals surface area contributed by atoms with E-state index in [2.05, 4.69) is 17.2 Å². The Hall–Kier alpha value is -1.30. The van der Waals surface area contributed by atoms with Gasteiger partial charge in [0.1, 0.15) is 5.01 Å². The molecule has 0 saturated carbocycles. The van der Waals surface area contributed by atoms with Crippen molar-refractivity contribution >= 4 is 22.9 Å². The molecule has 1 heterocycles. The van der Waals surface area contributed by atoms with E-state index in [1.807, 2.05) is 17.5 Å². The fourth-order valence-corrected chi connectivity index (χ4v) is 2.91. The molecular formula is C14H17ClN2O2S. The lowest BCUT2D eigenvalue weighted by molar-refractivity contribution is 0.355.